The van der Waals surface area contributed by atoms with Crippen LogP contribution in [0.2, 0.25) is 0 Å². The molecular weight excluding hydrogens is 320 g/mol. The van der Waals surface area contributed by atoms with Gasteiger partial charge in [0.05, 0.1) is 12.8 Å². The van der Waals surface area contributed by atoms with Crippen molar-refractivity contribution in [2.75, 3.05) is 13.7 Å². The van der Waals surface area contributed by atoms with Gasteiger partial charge in [-0.2, -0.15) is 0 Å². The standard InChI is InChI=1S/C19H20N2O4/c1-19(18(23)24)9-5-11-21(19)17(22)13-7-8-16(25-2)14(12-13)15-6-3-4-10-20-15/h3-4,6-8,10,12H,5,9,11H2,1-2H3,(H,23,24). The second-order valence-corrected chi connectivity index (χ2v) is 6.27. The summed E-state index contributed by atoms with van der Waals surface area (Å²) in [4.78, 5) is 30.3. The second-order valence-electron chi connectivity index (χ2n) is 6.27. The third-order valence-electron chi connectivity index (χ3n) is 4.73. The predicted octanol–water partition coefficient (Wildman–Crippen LogP) is 2.84. The number of likely N-dealkylation sites (tertiary alicyclic amines) is 1. The number of pyridine rings is 1. The lowest BCUT2D eigenvalue weighted by Crippen LogP contribution is -2.50. The summed E-state index contributed by atoms with van der Waals surface area (Å²) in [6, 6.07) is 10.6. The Labute approximate surface area is 146 Å². The largest absolute Gasteiger partial charge is 0.496 e. The van der Waals surface area contributed by atoms with E-state index in [1.165, 1.54) is 4.90 Å². The maximum atomic E-state index is 13.0. The Morgan fingerprint density at radius 3 is 2.72 bits per heavy atom. The van der Waals surface area contributed by atoms with Gasteiger partial charge < -0.3 is 14.7 Å². The molecule has 0 saturated carbocycles. The lowest BCUT2D eigenvalue weighted by molar-refractivity contribution is -0.147. The fourth-order valence-corrected chi connectivity index (χ4v) is 3.23. The number of carboxylic acid groups (broad SMARTS) is 1. The maximum absolute atomic E-state index is 13.0. The summed E-state index contributed by atoms with van der Waals surface area (Å²) in [6.07, 6.45) is 2.81. The molecule has 2 heterocycles. The molecule has 1 aromatic heterocycles. The molecule has 2 aromatic rings. The Morgan fingerprint density at radius 2 is 2.08 bits per heavy atom. The third kappa shape index (κ3) is 2.95. The molecule has 0 bridgehead atoms. The molecule has 3 rings (SSSR count). The number of hydrogen-bond donors (Lipinski definition) is 1. The van der Waals surface area contributed by atoms with Crippen molar-refractivity contribution in [3.63, 3.8) is 0 Å². The molecule has 1 unspecified atom stereocenters. The summed E-state index contributed by atoms with van der Waals surface area (Å²) >= 11 is 0. The first-order valence-electron chi connectivity index (χ1n) is 8.12. The van der Waals surface area contributed by atoms with Gasteiger partial charge in [-0.15, -0.1) is 0 Å². The van der Waals surface area contributed by atoms with E-state index in [1.807, 2.05) is 18.2 Å². The molecule has 1 aliphatic rings. The van der Waals surface area contributed by atoms with Crippen LogP contribution >= 0.6 is 0 Å². The predicted molar refractivity (Wildman–Crippen MR) is 92.5 cm³/mol. The van der Waals surface area contributed by atoms with E-state index in [0.717, 1.165) is 0 Å². The minimum absolute atomic E-state index is 0.290. The highest BCUT2D eigenvalue weighted by Gasteiger charge is 2.46. The number of nitrogens with zero attached hydrogens (tertiary/aromatic N) is 2. The van der Waals surface area contributed by atoms with E-state index >= 15 is 0 Å². The maximum Gasteiger partial charge on any atom is 0.329 e. The van der Waals surface area contributed by atoms with Crippen molar-refractivity contribution in [1.29, 1.82) is 0 Å². The van der Waals surface area contributed by atoms with Gasteiger partial charge in [0.2, 0.25) is 0 Å². The lowest BCUT2D eigenvalue weighted by atomic mass is 9.98. The fourth-order valence-electron chi connectivity index (χ4n) is 3.23. The van der Waals surface area contributed by atoms with Gasteiger partial charge in [-0.05, 0) is 50.1 Å². The summed E-state index contributed by atoms with van der Waals surface area (Å²) in [5, 5.41) is 9.53. The van der Waals surface area contributed by atoms with Crippen molar-refractivity contribution in [3.05, 3.63) is 48.2 Å². The van der Waals surface area contributed by atoms with Crippen molar-refractivity contribution < 1.29 is 19.4 Å². The van der Waals surface area contributed by atoms with Crippen molar-refractivity contribution in [2.45, 2.75) is 25.3 Å². The van der Waals surface area contributed by atoms with E-state index < -0.39 is 11.5 Å². The van der Waals surface area contributed by atoms with Crippen LogP contribution in [0.4, 0.5) is 0 Å². The van der Waals surface area contributed by atoms with E-state index in [4.69, 9.17) is 4.74 Å². The molecular formula is C19H20N2O4. The summed E-state index contributed by atoms with van der Waals surface area (Å²) in [6.45, 7) is 2.04. The number of amides is 1. The zero-order chi connectivity index (χ0) is 18.0. The zero-order valence-corrected chi connectivity index (χ0v) is 14.2. The van der Waals surface area contributed by atoms with Gasteiger partial charge in [0.1, 0.15) is 11.3 Å². The number of ether oxygens (including phenoxy) is 1. The molecule has 1 fully saturated rings. The smallest absolute Gasteiger partial charge is 0.329 e. The van der Waals surface area contributed by atoms with Crippen LogP contribution in [0.3, 0.4) is 0 Å². The number of carbonyl (C=O) groups is 2. The molecule has 6 nitrogen and oxygen atoms in total. The molecule has 1 aliphatic heterocycles. The number of carboxylic acids is 1. The van der Waals surface area contributed by atoms with E-state index in [-0.39, 0.29) is 5.91 Å². The highest BCUT2D eigenvalue weighted by molar-refractivity contribution is 5.99. The van der Waals surface area contributed by atoms with Crippen LogP contribution in [0.5, 0.6) is 5.75 Å². The van der Waals surface area contributed by atoms with E-state index in [0.29, 0.717) is 42.0 Å². The first kappa shape index (κ1) is 17.0. The van der Waals surface area contributed by atoms with Gasteiger partial charge in [0.15, 0.2) is 0 Å². The summed E-state index contributed by atoms with van der Waals surface area (Å²) in [7, 11) is 1.56. The minimum atomic E-state index is -1.16. The third-order valence-corrected chi connectivity index (χ3v) is 4.73. The summed E-state index contributed by atoms with van der Waals surface area (Å²) < 4.78 is 5.38. The molecule has 0 spiro atoms. The van der Waals surface area contributed by atoms with Crippen LogP contribution in [0, 0.1) is 0 Å². The number of rotatable bonds is 4. The second kappa shape index (κ2) is 6.55. The minimum Gasteiger partial charge on any atom is -0.496 e. The lowest BCUT2D eigenvalue weighted by Gasteiger charge is -2.31. The molecule has 6 heteroatoms. The summed E-state index contributed by atoms with van der Waals surface area (Å²) in [5.41, 5.74) is 0.653. The molecule has 0 aliphatic carbocycles. The van der Waals surface area contributed by atoms with Crippen molar-refractivity contribution in [1.82, 2.24) is 9.88 Å². The first-order chi connectivity index (χ1) is 12.0. The van der Waals surface area contributed by atoms with Gasteiger partial charge in [-0.3, -0.25) is 9.78 Å². The molecule has 1 N–H and O–H groups in total. The number of aliphatic carboxylic acids is 1. The van der Waals surface area contributed by atoms with Gasteiger partial charge in [0, 0.05) is 23.9 Å². The molecule has 1 saturated heterocycles. The topological polar surface area (TPSA) is 79.7 Å². The highest BCUT2D eigenvalue weighted by atomic mass is 16.5. The molecule has 1 amide bonds. The van der Waals surface area contributed by atoms with Crippen LogP contribution in [-0.2, 0) is 4.79 Å². The highest BCUT2D eigenvalue weighted by Crippen LogP contribution is 2.33. The zero-order valence-electron chi connectivity index (χ0n) is 14.2. The Morgan fingerprint density at radius 1 is 1.28 bits per heavy atom. The quantitative estimate of drug-likeness (QED) is 0.926. The Bertz CT molecular complexity index is 806. The average molecular weight is 340 g/mol. The SMILES string of the molecule is COc1ccc(C(=O)N2CCCC2(C)C(=O)O)cc1-c1ccccn1. The van der Waals surface area contributed by atoms with Gasteiger partial charge in [0.25, 0.3) is 5.91 Å². The van der Waals surface area contributed by atoms with E-state index in [2.05, 4.69) is 4.98 Å². The fraction of sp³-hybridized carbons (Fsp3) is 0.316. The van der Waals surface area contributed by atoms with Gasteiger partial charge >= 0.3 is 5.97 Å². The van der Waals surface area contributed by atoms with Crippen molar-refractivity contribution in [3.8, 4) is 17.0 Å². The molecule has 1 aromatic carbocycles. The summed E-state index contributed by atoms with van der Waals surface area (Å²) in [5.74, 6) is -0.656. The number of aromatic nitrogens is 1. The van der Waals surface area contributed by atoms with E-state index in [1.54, 1.807) is 38.4 Å². The van der Waals surface area contributed by atoms with Gasteiger partial charge in [-0.1, -0.05) is 6.07 Å². The normalized spacial score (nSPS) is 19.7. The monoisotopic (exact) mass is 340 g/mol. The van der Waals surface area contributed by atoms with Crippen molar-refractivity contribution in [2.24, 2.45) is 0 Å². The number of benzene rings is 1. The van der Waals surface area contributed by atoms with Crippen LogP contribution in [-0.4, -0.2) is 46.1 Å². The van der Waals surface area contributed by atoms with Crippen LogP contribution in [0.1, 0.15) is 30.1 Å². The number of methoxy groups -OCH3 is 1. The Balaban J connectivity index is 2.01. The van der Waals surface area contributed by atoms with Crippen LogP contribution in [0.15, 0.2) is 42.6 Å². The van der Waals surface area contributed by atoms with Crippen molar-refractivity contribution >= 4 is 11.9 Å². The Hall–Kier alpha value is -2.89. The Kier molecular flexibility index (Phi) is 4.44. The first-order valence-corrected chi connectivity index (χ1v) is 8.12. The average Bonchev–Trinajstić information content (AvgIpc) is 3.04. The van der Waals surface area contributed by atoms with Crippen LogP contribution in [0.25, 0.3) is 11.3 Å². The number of hydrogen-bond acceptors (Lipinski definition) is 4. The van der Waals surface area contributed by atoms with Gasteiger partial charge in [-0.25, -0.2) is 4.79 Å². The molecule has 0 radical (unpaired) electrons. The molecule has 1 atom stereocenters. The molecule has 130 valence electrons. The van der Waals surface area contributed by atoms with E-state index in [9.17, 15) is 14.7 Å². The van der Waals surface area contributed by atoms with Crippen LogP contribution < -0.4 is 4.74 Å². The number of carbonyl (C=O) groups excluding carboxylic acids is 1. The molecule has 25 heavy (non-hydrogen) atoms.